The van der Waals surface area contributed by atoms with Gasteiger partial charge < -0.3 is 4.74 Å². The molecule has 0 aromatic carbocycles. The quantitative estimate of drug-likeness (QED) is 0.548. The van der Waals surface area contributed by atoms with Gasteiger partial charge in [-0.1, -0.05) is 13.3 Å². The van der Waals surface area contributed by atoms with Gasteiger partial charge in [0.2, 0.25) is 0 Å². The molecule has 1 atom stereocenters. The van der Waals surface area contributed by atoms with E-state index in [-0.39, 0.29) is 5.72 Å². The molecule has 0 spiro atoms. The number of rotatable bonds is 3. The van der Waals surface area contributed by atoms with Crippen LogP contribution in [0.3, 0.4) is 0 Å². The highest BCUT2D eigenvalue weighted by Gasteiger charge is 2.41. The van der Waals surface area contributed by atoms with Crippen molar-refractivity contribution >= 4 is 0 Å². The molecule has 8 heavy (non-hydrogen) atoms. The van der Waals surface area contributed by atoms with Gasteiger partial charge in [-0.3, -0.25) is 5.32 Å². The first-order chi connectivity index (χ1) is 3.83. The topological polar surface area (TPSA) is 24.6 Å². The van der Waals surface area contributed by atoms with Gasteiger partial charge in [-0.25, -0.2) is 0 Å². The minimum atomic E-state index is 0.0920. The van der Waals surface area contributed by atoms with E-state index in [1.807, 2.05) is 7.05 Å². The van der Waals surface area contributed by atoms with E-state index >= 15 is 0 Å². The summed E-state index contributed by atoms with van der Waals surface area (Å²) in [6.07, 6.45) is 2.34. The number of nitrogens with one attached hydrogen (secondary N) is 1. The lowest BCUT2D eigenvalue weighted by Gasteiger charge is -2.06. The largest absolute Gasteiger partial charge is 0.354 e. The predicted octanol–water partition coefficient (Wildman–Crippen LogP) is 0.732. The van der Waals surface area contributed by atoms with E-state index in [9.17, 15) is 0 Å². The van der Waals surface area contributed by atoms with Gasteiger partial charge in [0.15, 0.2) is 0 Å². The van der Waals surface area contributed by atoms with Gasteiger partial charge in [0, 0.05) is 0 Å². The Hall–Kier alpha value is -0.0800. The standard InChI is InChI=1S/C6H13NO/c1-3-4-6(7-2)5-8-6/h7H,3-5H2,1-2H3. The molecule has 1 fully saturated rings. The molecule has 0 aromatic heterocycles. The van der Waals surface area contributed by atoms with Gasteiger partial charge in [0.05, 0.1) is 6.61 Å². The predicted molar refractivity (Wildman–Crippen MR) is 32.7 cm³/mol. The summed E-state index contributed by atoms with van der Waals surface area (Å²) in [5.41, 5.74) is 0.0920. The number of hydrogen-bond acceptors (Lipinski definition) is 2. The van der Waals surface area contributed by atoms with Crippen LogP contribution in [-0.4, -0.2) is 19.4 Å². The van der Waals surface area contributed by atoms with Gasteiger partial charge in [0.1, 0.15) is 5.72 Å². The van der Waals surface area contributed by atoms with E-state index in [2.05, 4.69) is 12.2 Å². The van der Waals surface area contributed by atoms with Crippen LogP contribution >= 0.6 is 0 Å². The zero-order chi connectivity index (χ0) is 6.04. The highest BCUT2D eigenvalue weighted by molar-refractivity contribution is 4.86. The third kappa shape index (κ3) is 1.01. The average molecular weight is 115 g/mol. The van der Waals surface area contributed by atoms with Crippen LogP contribution in [0, 0.1) is 0 Å². The maximum atomic E-state index is 5.17. The van der Waals surface area contributed by atoms with Gasteiger partial charge in [-0.15, -0.1) is 0 Å². The zero-order valence-electron chi connectivity index (χ0n) is 5.53. The molecule has 1 N–H and O–H groups in total. The number of hydrogen-bond donors (Lipinski definition) is 1. The van der Waals surface area contributed by atoms with Crippen molar-refractivity contribution in [3.05, 3.63) is 0 Å². The minimum absolute atomic E-state index is 0.0920. The fourth-order valence-electron chi connectivity index (χ4n) is 0.905. The lowest BCUT2D eigenvalue weighted by Crippen LogP contribution is -2.28. The molecule has 0 saturated carbocycles. The molecule has 2 nitrogen and oxygen atoms in total. The van der Waals surface area contributed by atoms with Crippen LogP contribution in [0.1, 0.15) is 19.8 Å². The Balaban J connectivity index is 2.20. The van der Waals surface area contributed by atoms with Crippen LogP contribution in [0.4, 0.5) is 0 Å². The van der Waals surface area contributed by atoms with E-state index in [0.29, 0.717) is 0 Å². The van der Waals surface area contributed by atoms with E-state index in [1.54, 1.807) is 0 Å². The van der Waals surface area contributed by atoms with Crippen LogP contribution in [-0.2, 0) is 4.74 Å². The molecular weight excluding hydrogens is 102 g/mol. The molecular formula is C6H13NO. The molecule has 2 heteroatoms. The Morgan fingerprint density at radius 1 is 1.75 bits per heavy atom. The normalized spacial score (nSPS) is 35.2. The van der Waals surface area contributed by atoms with Crippen LogP contribution in [0.25, 0.3) is 0 Å². The summed E-state index contributed by atoms with van der Waals surface area (Å²) >= 11 is 0. The molecule has 48 valence electrons. The maximum Gasteiger partial charge on any atom is 0.142 e. The molecule has 0 radical (unpaired) electrons. The molecule has 1 saturated heterocycles. The molecule has 1 rings (SSSR count). The summed E-state index contributed by atoms with van der Waals surface area (Å²) in [4.78, 5) is 0. The third-order valence-electron chi connectivity index (χ3n) is 1.60. The lowest BCUT2D eigenvalue weighted by molar-refractivity contribution is 0.253. The summed E-state index contributed by atoms with van der Waals surface area (Å²) in [5, 5.41) is 3.13. The van der Waals surface area contributed by atoms with Crippen molar-refractivity contribution in [2.24, 2.45) is 0 Å². The Labute approximate surface area is 50.2 Å². The average Bonchev–Trinajstić information content (AvgIpc) is 2.50. The van der Waals surface area contributed by atoms with Crippen molar-refractivity contribution in [3.63, 3.8) is 0 Å². The minimum Gasteiger partial charge on any atom is -0.354 e. The second-order valence-electron chi connectivity index (χ2n) is 2.28. The van der Waals surface area contributed by atoms with Gasteiger partial charge >= 0.3 is 0 Å². The summed E-state index contributed by atoms with van der Waals surface area (Å²) in [7, 11) is 1.95. The fraction of sp³-hybridized carbons (Fsp3) is 1.00. The second-order valence-corrected chi connectivity index (χ2v) is 2.28. The molecule has 1 aliphatic rings. The van der Waals surface area contributed by atoms with Crippen molar-refractivity contribution in [2.45, 2.75) is 25.5 Å². The monoisotopic (exact) mass is 115 g/mol. The summed E-state index contributed by atoms with van der Waals surface area (Å²) in [5.74, 6) is 0. The Bertz CT molecular complexity index is 78.6. The zero-order valence-corrected chi connectivity index (χ0v) is 5.53. The molecule has 0 amide bonds. The Morgan fingerprint density at radius 3 is 2.50 bits per heavy atom. The van der Waals surface area contributed by atoms with Crippen LogP contribution in [0.2, 0.25) is 0 Å². The van der Waals surface area contributed by atoms with Crippen molar-refractivity contribution in [3.8, 4) is 0 Å². The fourth-order valence-corrected chi connectivity index (χ4v) is 0.905. The van der Waals surface area contributed by atoms with E-state index in [1.165, 1.54) is 6.42 Å². The highest BCUT2D eigenvalue weighted by atomic mass is 16.6. The smallest absolute Gasteiger partial charge is 0.142 e. The summed E-state index contributed by atoms with van der Waals surface area (Å²) < 4.78 is 5.17. The second kappa shape index (κ2) is 2.03. The first-order valence-electron chi connectivity index (χ1n) is 3.16. The number of epoxide rings is 1. The Morgan fingerprint density at radius 2 is 2.38 bits per heavy atom. The molecule has 1 heterocycles. The van der Waals surface area contributed by atoms with Crippen molar-refractivity contribution in [1.29, 1.82) is 0 Å². The molecule has 1 unspecified atom stereocenters. The van der Waals surface area contributed by atoms with Gasteiger partial charge in [-0.2, -0.15) is 0 Å². The van der Waals surface area contributed by atoms with Crippen molar-refractivity contribution < 1.29 is 4.74 Å². The van der Waals surface area contributed by atoms with Crippen LogP contribution in [0.15, 0.2) is 0 Å². The van der Waals surface area contributed by atoms with Crippen molar-refractivity contribution in [2.75, 3.05) is 13.7 Å². The molecule has 0 bridgehead atoms. The van der Waals surface area contributed by atoms with Crippen LogP contribution in [0.5, 0.6) is 0 Å². The maximum absolute atomic E-state index is 5.17. The molecule has 1 aliphatic heterocycles. The number of likely N-dealkylation sites (N-methyl/N-ethyl adjacent to an activating group) is 1. The first-order valence-corrected chi connectivity index (χ1v) is 3.16. The van der Waals surface area contributed by atoms with Crippen LogP contribution < -0.4 is 5.32 Å². The Kier molecular flexibility index (Phi) is 1.54. The van der Waals surface area contributed by atoms with E-state index < -0.39 is 0 Å². The van der Waals surface area contributed by atoms with E-state index in [0.717, 1.165) is 13.0 Å². The third-order valence-corrected chi connectivity index (χ3v) is 1.60. The van der Waals surface area contributed by atoms with Gasteiger partial charge in [-0.05, 0) is 13.5 Å². The van der Waals surface area contributed by atoms with Crippen molar-refractivity contribution in [1.82, 2.24) is 5.32 Å². The number of ether oxygens (including phenoxy) is 1. The molecule has 0 aliphatic carbocycles. The summed E-state index contributed by atoms with van der Waals surface area (Å²) in [6, 6.07) is 0. The molecule has 0 aromatic rings. The lowest BCUT2D eigenvalue weighted by atomic mass is 10.2. The SMILES string of the molecule is CCCC1(NC)CO1. The highest BCUT2D eigenvalue weighted by Crippen LogP contribution is 2.27. The summed E-state index contributed by atoms with van der Waals surface area (Å²) in [6.45, 7) is 3.07. The first kappa shape index (κ1) is 6.05. The van der Waals surface area contributed by atoms with E-state index in [4.69, 9.17) is 4.74 Å². The van der Waals surface area contributed by atoms with Gasteiger partial charge in [0.25, 0.3) is 0 Å².